The lowest BCUT2D eigenvalue weighted by Crippen LogP contribution is -2.35. The van der Waals surface area contributed by atoms with Gasteiger partial charge in [-0.05, 0) is 12.8 Å². The highest BCUT2D eigenvalue weighted by Crippen LogP contribution is 2.01. The molecule has 0 aliphatic carbocycles. The van der Waals surface area contributed by atoms with E-state index in [0.717, 1.165) is 26.2 Å². The number of nitrogens with two attached hydrogens (primary N) is 1. The third-order valence-corrected chi connectivity index (χ3v) is 1.76. The molecule has 10 heavy (non-hydrogen) atoms. The van der Waals surface area contributed by atoms with Crippen molar-refractivity contribution in [3.8, 4) is 0 Å². The first-order valence-corrected chi connectivity index (χ1v) is 4.06. The van der Waals surface area contributed by atoms with E-state index in [9.17, 15) is 0 Å². The van der Waals surface area contributed by atoms with Crippen LogP contribution < -0.4 is 11.2 Å². The van der Waals surface area contributed by atoms with E-state index in [0.29, 0.717) is 0 Å². The van der Waals surface area contributed by atoms with Crippen LogP contribution in [0.25, 0.3) is 0 Å². The Morgan fingerprint density at radius 2 is 2.20 bits per heavy atom. The van der Waals surface area contributed by atoms with Gasteiger partial charge >= 0.3 is 0 Å². The number of rotatable bonds is 2. The van der Waals surface area contributed by atoms with Crippen LogP contribution in [0.3, 0.4) is 0 Å². The summed E-state index contributed by atoms with van der Waals surface area (Å²) >= 11 is 0. The van der Waals surface area contributed by atoms with Crippen LogP contribution in [0.1, 0.15) is 19.3 Å². The lowest BCUT2D eigenvalue weighted by molar-refractivity contribution is 0.199. The van der Waals surface area contributed by atoms with Crippen LogP contribution in [0.5, 0.6) is 0 Å². The molecule has 1 fully saturated rings. The van der Waals surface area contributed by atoms with Gasteiger partial charge in [0.15, 0.2) is 0 Å². The lowest BCUT2D eigenvalue weighted by Gasteiger charge is -2.16. The van der Waals surface area contributed by atoms with E-state index in [1.165, 1.54) is 19.3 Å². The quantitative estimate of drug-likeness (QED) is 0.587. The Morgan fingerprint density at radius 1 is 1.30 bits per heavy atom. The van der Waals surface area contributed by atoms with Gasteiger partial charge in [0.25, 0.3) is 0 Å². The monoisotopic (exact) mass is 142 g/mol. The first-order chi connectivity index (χ1) is 4.93. The van der Waals surface area contributed by atoms with E-state index < -0.39 is 0 Å². The Balaban J connectivity index is 2.15. The Morgan fingerprint density at radius 3 is 3.00 bits per heavy atom. The summed E-state index contributed by atoms with van der Waals surface area (Å²) in [7, 11) is 0. The molecule has 3 heteroatoms. The Hall–Kier alpha value is -0.120. The van der Waals surface area contributed by atoms with Gasteiger partial charge in [-0.1, -0.05) is 6.42 Å². The average molecular weight is 142 g/mol. The molecule has 0 unspecified atom stereocenters. The summed E-state index contributed by atoms with van der Waals surface area (Å²) in [4.78, 5) is 0. The van der Waals surface area contributed by atoms with Gasteiger partial charge in [0.2, 0.25) is 0 Å². The van der Waals surface area contributed by atoms with Gasteiger partial charge in [-0.15, -0.1) is 0 Å². The SMILES string of the molecule is NCCN1CCCCC[N]1. The van der Waals surface area contributed by atoms with Gasteiger partial charge in [-0.2, -0.15) is 5.43 Å². The molecule has 0 spiro atoms. The van der Waals surface area contributed by atoms with Crippen LogP contribution in [-0.4, -0.2) is 31.2 Å². The van der Waals surface area contributed by atoms with Gasteiger partial charge in [0.1, 0.15) is 0 Å². The minimum atomic E-state index is 0.726. The molecular formula is C7H16N3. The molecule has 0 atom stereocenters. The van der Waals surface area contributed by atoms with Crippen LogP contribution >= 0.6 is 0 Å². The predicted octanol–water partition coefficient (Wildman–Crippen LogP) is -0.0496. The normalized spacial score (nSPS) is 22.5. The van der Waals surface area contributed by atoms with E-state index >= 15 is 0 Å². The second-order valence-corrected chi connectivity index (χ2v) is 2.67. The lowest BCUT2D eigenvalue weighted by atomic mass is 10.2. The first kappa shape index (κ1) is 7.98. The summed E-state index contributed by atoms with van der Waals surface area (Å²) in [6, 6.07) is 0. The molecule has 3 nitrogen and oxygen atoms in total. The Labute approximate surface area is 62.5 Å². The molecule has 2 N–H and O–H groups in total. The van der Waals surface area contributed by atoms with Gasteiger partial charge in [-0.3, -0.25) is 0 Å². The van der Waals surface area contributed by atoms with Crippen molar-refractivity contribution in [3.05, 3.63) is 0 Å². The molecule has 1 radical (unpaired) electrons. The van der Waals surface area contributed by atoms with Gasteiger partial charge < -0.3 is 5.73 Å². The molecule has 0 saturated carbocycles. The van der Waals surface area contributed by atoms with Crippen LogP contribution in [-0.2, 0) is 0 Å². The smallest absolute Gasteiger partial charge is 0.0306 e. The summed E-state index contributed by atoms with van der Waals surface area (Å²) in [6.45, 7) is 3.76. The third kappa shape index (κ3) is 2.64. The van der Waals surface area contributed by atoms with E-state index in [-0.39, 0.29) is 0 Å². The maximum atomic E-state index is 5.41. The summed E-state index contributed by atoms with van der Waals surface area (Å²) < 4.78 is 0. The molecule has 0 bridgehead atoms. The summed E-state index contributed by atoms with van der Waals surface area (Å²) in [6.07, 6.45) is 3.86. The number of nitrogens with zero attached hydrogens (tertiary/aromatic N) is 2. The van der Waals surface area contributed by atoms with Crippen molar-refractivity contribution in [2.45, 2.75) is 19.3 Å². The average Bonchev–Trinajstić information content (AvgIpc) is 2.17. The van der Waals surface area contributed by atoms with Crippen molar-refractivity contribution in [1.82, 2.24) is 10.4 Å². The molecule has 1 aliphatic heterocycles. The molecule has 59 valence electrons. The van der Waals surface area contributed by atoms with Crippen LogP contribution in [0.4, 0.5) is 0 Å². The molecule has 0 amide bonds. The minimum Gasteiger partial charge on any atom is -0.329 e. The number of hydrogen-bond donors (Lipinski definition) is 1. The van der Waals surface area contributed by atoms with Crippen LogP contribution in [0.2, 0.25) is 0 Å². The molecule has 1 rings (SSSR count). The molecule has 0 aromatic carbocycles. The second kappa shape index (κ2) is 4.66. The van der Waals surface area contributed by atoms with Crippen molar-refractivity contribution >= 4 is 0 Å². The largest absolute Gasteiger partial charge is 0.329 e. The second-order valence-electron chi connectivity index (χ2n) is 2.67. The van der Waals surface area contributed by atoms with E-state index in [4.69, 9.17) is 5.73 Å². The standard InChI is InChI=1S/C7H16N3/c8-4-7-10-6-3-1-2-5-9-10/h1-8H2. The van der Waals surface area contributed by atoms with E-state index in [1.54, 1.807) is 0 Å². The predicted molar refractivity (Wildman–Crippen MR) is 41.5 cm³/mol. The molecule has 1 saturated heterocycles. The van der Waals surface area contributed by atoms with Gasteiger partial charge in [-0.25, -0.2) is 5.01 Å². The molecule has 0 aromatic rings. The first-order valence-electron chi connectivity index (χ1n) is 4.06. The Kier molecular flexibility index (Phi) is 3.72. The van der Waals surface area contributed by atoms with Crippen molar-refractivity contribution in [3.63, 3.8) is 0 Å². The highest BCUT2D eigenvalue weighted by molar-refractivity contribution is 4.58. The maximum Gasteiger partial charge on any atom is 0.0306 e. The highest BCUT2D eigenvalue weighted by atomic mass is 15.5. The van der Waals surface area contributed by atoms with E-state index in [1.807, 2.05) is 0 Å². The topological polar surface area (TPSA) is 43.4 Å². The maximum absolute atomic E-state index is 5.41. The summed E-state index contributed by atoms with van der Waals surface area (Å²) in [5.41, 5.74) is 9.77. The van der Waals surface area contributed by atoms with Crippen molar-refractivity contribution in [2.24, 2.45) is 5.73 Å². The molecule has 0 aromatic heterocycles. The fourth-order valence-corrected chi connectivity index (χ4v) is 1.20. The zero-order chi connectivity index (χ0) is 7.23. The zero-order valence-corrected chi connectivity index (χ0v) is 6.42. The van der Waals surface area contributed by atoms with Crippen LogP contribution in [0.15, 0.2) is 0 Å². The van der Waals surface area contributed by atoms with E-state index in [2.05, 4.69) is 10.4 Å². The fourth-order valence-electron chi connectivity index (χ4n) is 1.20. The Bertz CT molecular complexity index is 76.9. The third-order valence-electron chi connectivity index (χ3n) is 1.76. The van der Waals surface area contributed by atoms with Crippen molar-refractivity contribution in [2.75, 3.05) is 26.2 Å². The summed E-state index contributed by atoms with van der Waals surface area (Å²) in [5, 5.41) is 2.10. The molecule has 1 aliphatic rings. The minimum absolute atomic E-state index is 0.726. The van der Waals surface area contributed by atoms with Crippen molar-refractivity contribution in [1.29, 1.82) is 0 Å². The van der Waals surface area contributed by atoms with Crippen LogP contribution in [0, 0.1) is 0 Å². The fraction of sp³-hybridized carbons (Fsp3) is 1.00. The van der Waals surface area contributed by atoms with Gasteiger partial charge in [0, 0.05) is 26.2 Å². The molecular weight excluding hydrogens is 126 g/mol. The summed E-state index contributed by atoms with van der Waals surface area (Å²) in [5.74, 6) is 0. The van der Waals surface area contributed by atoms with Crippen molar-refractivity contribution < 1.29 is 0 Å². The number of hydrogen-bond acceptors (Lipinski definition) is 2. The highest BCUT2D eigenvalue weighted by Gasteiger charge is 2.07. The zero-order valence-electron chi connectivity index (χ0n) is 6.42. The molecule has 1 heterocycles. The van der Waals surface area contributed by atoms with Gasteiger partial charge in [0.05, 0.1) is 0 Å².